The Kier molecular flexibility index (Phi) is 3.74. The van der Waals surface area contributed by atoms with Crippen LogP contribution in [-0.2, 0) is 10.1 Å². The monoisotopic (exact) mass is 248 g/mol. The van der Waals surface area contributed by atoms with E-state index in [1.165, 1.54) is 32.4 Å². The minimum Gasteiger partial charge on any atom is -0.497 e. The van der Waals surface area contributed by atoms with Crippen molar-refractivity contribution in [2.45, 2.75) is 5.44 Å². The Balaban J connectivity index is 3.23. The maximum Gasteiger partial charge on any atom is 0.296 e. The molecule has 1 aromatic rings. The fourth-order valence-corrected chi connectivity index (χ4v) is 1.62. The zero-order chi connectivity index (χ0) is 12.3. The number of methoxy groups -OCH3 is 2. The van der Waals surface area contributed by atoms with Crippen LogP contribution >= 0.6 is 0 Å². The molecule has 0 heterocycles. The molecule has 0 radical (unpaired) electrons. The Labute approximate surface area is 93.2 Å². The summed E-state index contributed by atoms with van der Waals surface area (Å²) in [5, 5.41) is 9.35. The molecule has 16 heavy (non-hydrogen) atoms. The zero-order valence-corrected chi connectivity index (χ0v) is 9.56. The lowest BCUT2D eigenvalue weighted by molar-refractivity contribution is 0.237. The van der Waals surface area contributed by atoms with Crippen LogP contribution in [0.1, 0.15) is 11.0 Å². The molecule has 7 heteroatoms. The Morgan fingerprint density at radius 3 is 1.88 bits per heavy atom. The zero-order valence-electron chi connectivity index (χ0n) is 8.75. The van der Waals surface area contributed by atoms with Crippen molar-refractivity contribution in [1.82, 2.24) is 0 Å². The Bertz CT molecular complexity index is 445. The molecule has 1 rings (SSSR count). The normalized spacial score (nSPS) is 13.2. The number of ether oxygens (including phenoxy) is 2. The van der Waals surface area contributed by atoms with Crippen LogP contribution in [0, 0.1) is 0 Å². The average molecular weight is 248 g/mol. The molecular formula is C9H12O6S. The van der Waals surface area contributed by atoms with Gasteiger partial charge in [-0.1, -0.05) is 0 Å². The Morgan fingerprint density at radius 1 is 1.12 bits per heavy atom. The molecule has 0 bridgehead atoms. The highest BCUT2D eigenvalue weighted by atomic mass is 32.2. The van der Waals surface area contributed by atoms with E-state index < -0.39 is 15.6 Å². The van der Waals surface area contributed by atoms with Gasteiger partial charge in [-0.05, 0) is 12.1 Å². The van der Waals surface area contributed by atoms with Crippen LogP contribution in [-0.4, -0.2) is 32.3 Å². The molecule has 1 atom stereocenters. The maximum absolute atomic E-state index is 10.8. The predicted molar refractivity (Wildman–Crippen MR) is 56.1 cm³/mol. The number of benzene rings is 1. The van der Waals surface area contributed by atoms with E-state index in [1.54, 1.807) is 0 Å². The van der Waals surface area contributed by atoms with Gasteiger partial charge in [0, 0.05) is 11.6 Å². The third kappa shape index (κ3) is 2.84. The van der Waals surface area contributed by atoms with Crippen LogP contribution in [0.2, 0.25) is 0 Å². The summed E-state index contributed by atoms with van der Waals surface area (Å²) in [5.74, 6) is 0.633. The van der Waals surface area contributed by atoms with E-state index in [0.29, 0.717) is 11.5 Å². The molecule has 0 spiro atoms. The summed E-state index contributed by atoms with van der Waals surface area (Å²) < 4.78 is 40.0. The Morgan fingerprint density at radius 2 is 1.56 bits per heavy atom. The third-order valence-corrected chi connectivity index (χ3v) is 2.78. The van der Waals surface area contributed by atoms with E-state index in [2.05, 4.69) is 0 Å². The van der Waals surface area contributed by atoms with Crippen LogP contribution in [0.4, 0.5) is 0 Å². The second kappa shape index (κ2) is 4.69. The van der Waals surface area contributed by atoms with Crippen molar-refractivity contribution >= 4 is 10.1 Å². The quantitative estimate of drug-likeness (QED) is 0.757. The fourth-order valence-electron chi connectivity index (χ4n) is 1.14. The van der Waals surface area contributed by atoms with Gasteiger partial charge in [0.15, 0.2) is 0 Å². The van der Waals surface area contributed by atoms with E-state index in [4.69, 9.17) is 14.0 Å². The summed E-state index contributed by atoms with van der Waals surface area (Å²) >= 11 is 0. The number of aliphatic hydroxyl groups excluding tert-OH is 1. The highest BCUT2D eigenvalue weighted by Crippen LogP contribution is 2.28. The van der Waals surface area contributed by atoms with E-state index in [-0.39, 0.29) is 5.56 Å². The molecule has 0 aliphatic rings. The summed E-state index contributed by atoms with van der Waals surface area (Å²) in [6.07, 6.45) is 0. The second-order valence-electron chi connectivity index (χ2n) is 3.01. The first-order valence-electron chi connectivity index (χ1n) is 4.26. The largest absolute Gasteiger partial charge is 0.497 e. The standard InChI is InChI=1S/C9H12O6S/c1-14-7-3-6(4-8(5-7)15-2)9(10)16(11,12)13/h3-5,9-10H,1-2H3,(H,11,12,13). The van der Waals surface area contributed by atoms with Gasteiger partial charge in [0.1, 0.15) is 11.5 Å². The summed E-state index contributed by atoms with van der Waals surface area (Å²) in [5.41, 5.74) is -2.05. The lowest BCUT2D eigenvalue weighted by Crippen LogP contribution is -2.11. The molecule has 1 aromatic carbocycles. The van der Waals surface area contributed by atoms with Gasteiger partial charge in [-0.15, -0.1) is 0 Å². The molecule has 0 aliphatic carbocycles. The maximum atomic E-state index is 10.8. The second-order valence-corrected chi connectivity index (χ2v) is 4.49. The van der Waals surface area contributed by atoms with E-state index in [1.807, 2.05) is 0 Å². The molecule has 1 unspecified atom stereocenters. The molecule has 0 aromatic heterocycles. The van der Waals surface area contributed by atoms with Crippen molar-refractivity contribution in [3.8, 4) is 11.5 Å². The highest BCUT2D eigenvalue weighted by molar-refractivity contribution is 7.85. The molecule has 0 amide bonds. The smallest absolute Gasteiger partial charge is 0.296 e. The van der Waals surface area contributed by atoms with E-state index in [0.717, 1.165) is 0 Å². The summed E-state index contributed by atoms with van der Waals surface area (Å²) in [4.78, 5) is 0. The average Bonchev–Trinajstić information content (AvgIpc) is 2.26. The van der Waals surface area contributed by atoms with E-state index in [9.17, 15) is 13.5 Å². The van der Waals surface area contributed by atoms with Crippen molar-refractivity contribution < 1.29 is 27.6 Å². The number of rotatable bonds is 4. The van der Waals surface area contributed by atoms with Gasteiger partial charge in [-0.3, -0.25) is 4.55 Å². The molecule has 2 N–H and O–H groups in total. The molecule has 0 fully saturated rings. The first-order valence-corrected chi connectivity index (χ1v) is 5.76. The van der Waals surface area contributed by atoms with Gasteiger partial charge in [0.25, 0.3) is 10.1 Å². The van der Waals surface area contributed by atoms with Crippen molar-refractivity contribution in [2.75, 3.05) is 14.2 Å². The van der Waals surface area contributed by atoms with Gasteiger partial charge in [-0.25, -0.2) is 0 Å². The first kappa shape index (κ1) is 12.8. The fraction of sp³-hybridized carbons (Fsp3) is 0.333. The molecular weight excluding hydrogens is 236 g/mol. The van der Waals surface area contributed by atoms with Crippen LogP contribution in [0.25, 0.3) is 0 Å². The molecule has 6 nitrogen and oxygen atoms in total. The van der Waals surface area contributed by atoms with E-state index >= 15 is 0 Å². The van der Waals surface area contributed by atoms with Gasteiger partial charge in [0.05, 0.1) is 14.2 Å². The summed E-state index contributed by atoms with van der Waals surface area (Å²) in [7, 11) is -1.79. The van der Waals surface area contributed by atoms with Crippen molar-refractivity contribution in [3.63, 3.8) is 0 Å². The summed E-state index contributed by atoms with van der Waals surface area (Å²) in [6, 6.07) is 4.10. The molecule has 90 valence electrons. The van der Waals surface area contributed by atoms with Gasteiger partial charge in [-0.2, -0.15) is 8.42 Å². The minimum atomic E-state index is -4.56. The Hall–Kier alpha value is -1.31. The van der Waals surface area contributed by atoms with Gasteiger partial charge >= 0.3 is 0 Å². The van der Waals surface area contributed by atoms with Crippen LogP contribution in [0.15, 0.2) is 18.2 Å². The lowest BCUT2D eigenvalue weighted by atomic mass is 10.2. The lowest BCUT2D eigenvalue weighted by Gasteiger charge is -2.11. The van der Waals surface area contributed by atoms with Crippen LogP contribution in [0.5, 0.6) is 11.5 Å². The summed E-state index contributed by atoms with van der Waals surface area (Å²) in [6.45, 7) is 0. The van der Waals surface area contributed by atoms with Crippen LogP contribution in [0.3, 0.4) is 0 Å². The predicted octanol–water partition coefficient (Wildman–Crippen LogP) is 0.583. The third-order valence-electron chi connectivity index (χ3n) is 1.94. The molecule has 0 saturated carbocycles. The highest BCUT2D eigenvalue weighted by Gasteiger charge is 2.23. The number of aliphatic hydroxyl groups is 1. The van der Waals surface area contributed by atoms with Gasteiger partial charge in [0.2, 0.25) is 5.44 Å². The SMILES string of the molecule is COc1cc(OC)cc(C(O)S(=O)(=O)O)c1. The molecule has 0 saturated heterocycles. The van der Waals surface area contributed by atoms with Crippen molar-refractivity contribution in [1.29, 1.82) is 0 Å². The number of hydrogen-bond acceptors (Lipinski definition) is 5. The molecule has 0 aliphatic heterocycles. The topological polar surface area (TPSA) is 93.1 Å². The van der Waals surface area contributed by atoms with Gasteiger partial charge < -0.3 is 14.6 Å². The minimum absolute atomic E-state index is 0.0290. The van der Waals surface area contributed by atoms with Crippen molar-refractivity contribution in [3.05, 3.63) is 23.8 Å². The number of hydrogen-bond donors (Lipinski definition) is 2. The van der Waals surface area contributed by atoms with Crippen molar-refractivity contribution in [2.24, 2.45) is 0 Å². The first-order chi connectivity index (χ1) is 7.38. The van der Waals surface area contributed by atoms with Crippen LogP contribution < -0.4 is 9.47 Å².